The fraction of sp³-hybridized carbons (Fsp3) is 0.800. The summed E-state index contributed by atoms with van der Waals surface area (Å²) >= 11 is 1.80. The van der Waals surface area contributed by atoms with E-state index in [-0.39, 0.29) is 0 Å². The number of aromatic nitrogens is 1. The summed E-state index contributed by atoms with van der Waals surface area (Å²) < 4.78 is 0. The Balaban J connectivity index is 2.22. The van der Waals surface area contributed by atoms with Crippen molar-refractivity contribution in [3.05, 3.63) is 10.6 Å². The standard InChI is InChI=1S/C15H27N3S/c1-5-12(4)14-13(7-16)19-15(17-14)18-8-10(2)6-11(3)9-18/h10-12H,5-9,16H2,1-4H3. The van der Waals surface area contributed by atoms with E-state index < -0.39 is 0 Å². The molecule has 2 heterocycles. The van der Waals surface area contributed by atoms with Gasteiger partial charge in [-0.15, -0.1) is 11.3 Å². The Morgan fingerprint density at radius 3 is 2.53 bits per heavy atom. The summed E-state index contributed by atoms with van der Waals surface area (Å²) in [7, 11) is 0. The average Bonchev–Trinajstić information content (AvgIpc) is 2.80. The van der Waals surface area contributed by atoms with E-state index >= 15 is 0 Å². The Hall–Kier alpha value is -0.610. The van der Waals surface area contributed by atoms with Crippen molar-refractivity contribution in [3.63, 3.8) is 0 Å². The minimum absolute atomic E-state index is 0.517. The highest BCUT2D eigenvalue weighted by Gasteiger charge is 2.25. The first-order chi connectivity index (χ1) is 9.05. The minimum Gasteiger partial charge on any atom is -0.348 e. The van der Waals surface area contributed by atoms with Crippen molar-refractivity contribution in [2.24, 2.45) is 17.6 Å². The van der Waals surface area contributed by atoms with E-state index in [1.165, 1.54) is 22.1 Å². The second kappa shape index (κ2) is 6.23. The third kappa shape index (κ3) is 3.29. The van der Waals surface area contributed by atoms with E-state index in [1.807, 2.05) is 0 Å². The lowest BCUT2D eigenvalue weighted by molar-refractivity contribution is 0.356. The van der Waals surface area contributed by atoms with Gasteiger partial charge in [0.1, 0.15) is 0 Å². The fourth-order valence-electron chi connectivity index (χ4n) is 3.03. The second-order valence-electron chi connectivity index (χ2n) is 6.17. The smallest absolute Gasteiger partial charge is 0.185 e. The Kier molecular flexibility index (Phi) is 4.85. The van der Waals surface area contributed by atoms with Crippen LogP contribution in [0.3, 0.4) is 0 Å². The van der Waals surface area contributed by atoms with Crippen LogP contribution in [0.2, 0.25) is 0 Å². The molecular formula is C15H27N3S. The number of thiazole rings is 1. The van der Waals surface area contributed by atoms with E-state index in [9.17, 15) is 0 Å². The molecule has 3 nitrogen and oxygen atoms in total. The van der Waals surface area contributed by atoms with Gasteiger partial charge in [0, 0.05) is 24.5 Å². The Labute approximate surface area is 121 Å². The van der Waals surface area contributed by atoms with Gasteiger partial charge in [-0.25, -0.2) is 4.98 Å². The molecule has 1 aromatic rings. The lowest BCUT2D eigenvalue weighted by Crippen LogP contribution is -2.38. The number of hydrogen-bond donors (Lipinski definition) is 1. The number of rotatable bonds is 4. The first kappa shape index (κ1) is 14.8. The van der Waals surface area contributed by atoms with E-state index in [1.54, 1.807) is 11.3 Å². The zero-order valence-corrected chi connectivity index (χ0v) is 13.5. The van der Waals surface area contributed by atoms with Crippen LogP contribution in [0.5, 0.6) is 0 Å². The van der Waals surface area contributed by atoms with Gasteiger partial charge >= 0.3 is 0 Å². The summed E-state index contributed by atoms with van der Waals surface area (Å²) in [5, 5.41) is 1.19. The molecule has 3 unspecified atom stereocenters. The number of anilines is 1. The maximum Gasteiger partial charge on any atom is 0.185 e. The van der Waals surface area contributed by atoms with Gasteiger partial charge in [-0.2, -0.15) is 0 Å². The summed E-state index contributed by atoms with van der Waals surface area (Å²) in [5.41, 5.74) is 7.12. The molecule has 0 radical (unpaired) electrons. The predicted molar refractivity (Wildman–Crippen MR) is 83.9 cm³/mol. The molecule has 1 saturated heterocycles. The maximum absolute atomic E-state index is 5.89. The van der Waals surface area contributed by atoms with Crippen LogP contribution in [-0.2, 0) is 6.54 Å². The van der Waals surface area contributed by atoms with Crippen LogP contribution in [0, 0.1) is 11.8 Å². The van der Waals surface area contributed by atoms with Gasteiger partial charge in [-0.1, -0.05) is 27.7 Å². The SMILES string of the molecule is CCC(C)c1nc(N2CC(C)CC(C)C2)sc1CN. The normalized spacial score (nSPS) is 25.6. The molecule has 1 aliphatic rings. The van der Waals surface area contributed by atoms with Gasteiger partial charge < -0.3 is 10.6 Å². The van der Waals surface area contributed by atoms with Crippen molar-refractivity contribution < 1.29 is 0 Å². The summed E-state index contributed by atoms with van der Waals surface area (Å²) in [6.07, 6.45) is 2.47. The maximum atomic E-state index is 5.89. The van der Waals surface area contributed by atoms with Crippen LogP contribution in [-0.4, -0.2) is 18.1 Å². The third-order valence-electron chi connectivity index (χ3n) is 4.12. The van der Waals surface area contributed by atoms with E-state index in [0.29, 0.717) is 12.5 Å². The summed E-state index contributed by atoms with van der Waals surface area (Å²) in [6, 6.07) is 0. The molecule has 1 aliphatic heterocycles. The van der Waals surface area contributed by atoms with Gasteiger partial charge in [0.25, 0.3) is 0 Å². The van der Waals surface area contributed by atoms with Gasteiger partial charge in [-0.05, 0) is 30.6 Å². The number of nitrogens with zero attached hydrogens (tertiary/aromatic N) is 2. The number of nitrogens with two attached hydrogens (primary N) is 1. The van der Waals surface area contributed by atoms with Crippen LogP contribution in [0.25, 0.3) is 0 Å². The molecule has 2 rings (SSSR count). The fourth-order valence-corrected chi connectivity index (χ4v) is 4.11. The zero-order chi connectivity index (χ0) is 14.0. The summed E-state index contributed by atoms with van der Waals surface area (Å²) in [6.45, 7) is 12.1. The number of piperidine rings is 1. The lowest BCUT2D eigenvalue weighted by atomic mass is 9.92. The molecule has 2 N–H and O–H groups in total. The molecule has 19 heavy (non-hydrogen) atoms. The van der Waals surface area contributed by atoms with E-state index in [4.69, 9.17) is 10.7 Å². The van der Waals surface area contributed by atoms with Crippen molar-refractivity contribution in [3.8, 4) is 0 Å². The van der Waals surface area contributed by atoms with Gasteiger partial charge in [0.2, 0.25) is 0 Å². The van der Waals surface area contributed by atoms with E-state index in [2.05, 4.69) is 32.6 Å². The quantitative estimate of drug-likeness (QED) is 0.917. The minimum atomic E-state index is 0.517. The topological polar surface area (TPSA) is 42.2 Å². The average molecular weight is 281 g/mol. The number of hydrogen-bond acceptors (Lipinski definition) is 4. The zero-order valence-electron chi connectivity index (χ0n) is 12.6. The van der Waals surface area contributed by atoms with Crippen LogP contribution >= 0.6 is 11.3 Å². The molecule has 0 amide bonds. The van der Waals surface area contributed by atoms with Crippen LogP contribution < -0.4 is 10.6 Å². The molecule has 0 spiro atoms. The van der Waals surface area contributed by atoms with Gasteiger partial charge in [0.15, 0.2) is 5.13 Å². The molecule has 1 aromatic heterocycles. The molecule has 0 bridgehead atoms. The van der Waals surface area contributed by atoms with Crippen LogP contribution in [0.1, 0.15) is 57.0 Å². The highest BCUT2D eigenvalue weighted by Crippen LogP contribution is 2.34. The highest BCUT2D eigenvalue weighted by atomic mass is 32.1. The summed E-state index contributed by atoms with van der Waals surface area (Å²) in [5.74, 6) is 2.05. The van der Waals surface area contributed by atoms with Crippen molar-refractivity contribution in [1.82, 2.24) is 4.98 Å². The largest absolute Gasteiger partial charge is 0.348 e. The van der Waals surface area contributed by atoms with Crippen molar-refractivity contribution in [2.75, 3.05) is 18.0 Å². The molecule has 3 atom stereocenters. The molecule has 0 aromatic carbocycles. The Morgan fingerprint density at radius 2 is 2.00 bits per heavy atom. The lowest BCUT2D eigenvalue weighted by Gasteiger charge is -2.34. The first-order valence-electron chi connectivity index (χ1n) is 7.49. The summed E-state index contributed by atoms with van der Waals surface area (Å²) in [4.78, 5) is 8.65. The van der Waals surface area contributed by atoms with Gasteiger partial charge in [-0.3, -0.25) is 0 Å². The van der Waals surface area contributed by atoms with Crippen molar-refractivity contribution >= 4 is 16.5 Å². The second-order valence-corrected chi connectivity index (χ2v) is 7.23. The molecule has 0 aliphatic carbocycles. The van der Waals surface area contributed by atoms with E-state index in [0.717, 1.165) is 31.3 Å². The molecule has 1 fully saturated rings. The van der Waals surface area contributed by atoms with Crippen LogP contribution in [0.15, 0.2) is 0 Å². The highest BCUT2D eigenvalue weighted by molar-refractivity contribution is 7.15. The molecular weight excluding hydrogens is 254 g/mol. The monoisotopic (exact) mass is 281 g/mol. The Morgan fingerprint density at radius 1 is 1.37 bits per heavy atom. The molecule has 4 heteroatoms. The first-order valence-corrected chi connectivity index (χ1v) is 8.31. The van der Waals surface area contributed by atoms with Crippen LogP contribution in [0.4, 0.5) is 5.13 Å². The van der Waals surface area contributed by atoms with Crippen molar-refractivity contribution in [1.29, 1.82) is 0 Å². The third-order valence-corrected chi connectivity index (χ3v) is 5.27. The predicted octanol–water partition coefficient (Wildman–Crippen LogP) is 3.60. The Bertz CT molecular complexity index is 406. The molecule has 0 saturated carbocycles. The molecule has 108 valence electrons. The van der Waals surface area contributed by atoms with Gasteiger partial charge in [0.05, 0.1) is 5.69 Å². The van der Waals surface area contributed by atoms with Crippen molar-refractivity contribution in [2.45, 2.75) is 53.0 Å².